The average Bonchev–Trinajstić information content (AvgIpc) is 2.82. The van der Waals surface area contributed by atoms with Crippen LogP contribution in [0.4, 0.5) is 11.4 Å². The molecule has 2 N–H and O–H groups in total. The Morgan fingerprint density at radius 3 is 2.71 bits per heavy atom. The largest absolute Gasteiger partial charge is 0.495 e. The van der Waals surface area contributed by atoms with E-state index in [0.717, 1.165) is 4.90 Å². The molecular weight excluding hydrogens is 416 g/mol. The number of anilines is 2. The van der Waals surface area contributed by atoms with Gasteiger partial charge in [-0.25, -0.2) is 0 Å². The van der Waals surface area contributed by atoms with Crippen molar-refractivity contribution >= 4 is 35.0 Å². The molecule has 2 aromatic rings. The number of rotatable bonds is 8. The Kier molecular flexibility index (Phi) is 8.15. The van der Waals surface area contributed by atoms with E-state index >= 15 is 0 Å². The van der Waals surface area contributed by atoms with Gasteiger partial charge in [-0.1, -0.05) is 12.1 Å². The molecule has 0 atom stereocenters. The molecule has 1 aliphatic rings. The topological polar surface area (TPSA) is 104 Å². The molecule has 1 heterocycles. The van der Waals surface area contributed by atoms with Crippen LogP contribution < -0.4 is 15.4 Å². The predicted molar refractivity (Wildman–Crippen MR) is 120 cm³/mol. The van der Waals surface area contributed by atoms with Crippen molar-refractivity contribution in [2.24, 2.45) is 0 Å². The summed E-state index contributed by atoms with van der Waals surface area (Å²) in [5.41, 5.74) is 1.73. The van der Waals surface area contributed by atoms with Crippen LogP contribution in [0.1, 0.15) is 10.4 Å². The number of para-hydroxylation sites is 1. The molecule has 0 aliphatic carbocycles. The molecule has 0 unspecified atom stereocenters. The van der Waals surface area contributed by atoms with Crippen molar-refractivity contribution in [2.75, 3.05) is 56.3 Å². The van der Waals surface area contributed by atoms with Gasteiger partial charge in [0, 0.05) is 23.5 Å². The third kappa shape index (κ3) is 6.13. The van der Waals surface area contributed by atoms with Crippen molar-refractivity contribution in [3.8, 4) is 11.8 Å². The van der Waals surface area contributed by atoms with E-state index in [1.54, 1.807) is 29.2 Å². The van der Waals surface area contributed by atoms with Gasteiger partial charge in [0.05, 0.1) is 50.1 Å². The SMILES string of the molecule is COc1ccc(C(=O)N2CCOCC2)cc1NCC(=O)Nc1ccccc1SCC#N. The Morgan fingerprint density at radius 1 is 1.19 bits per heavy atom. The zero-order valence-electron chi connectivity index (χ0n) is 17.2. The number of morpholine rings is 1. The number of carbonyl (C=O) groups excluding carboxylic acids is 2. The first-order chi connectivity index (χ1) is 15.1. The van der Waals surface area contributed by atoms with E-state index in [-0.39, 0.29) is 18.4 Å². The van der Waals surface area contributed by atoms with Gasteiger partial charge in [-0.05, 0) is 30.3 Å². The highest BCUT2D eigenvalue weighted by Gasteiger charge is 2.20. The maximum Gasteiger partial charge on any atom is 0.254 e. The third-order valence-corrected chi connectivity index (χ3v) is 5.58. The molecule has 0 spiro atoms. The lowest BCUT2D eigenvalue weighted by Crippen LogP contribution is -2.40. The van der Waals surface area contributed by atoms with E-state index in [1.165, 1.54) is 18.9 Å². The van der Waals surface area contributed by atoms with E-state index in [1.807, 2.05) is 18.2 Å². The Balaban J connectivity index is 1.66. The zero-order chi connectivity index (χ0) is 22.1. The van der Waals surface area contributed by atoms with Gasteiger partial charge in [-0.3, -0.25) is 9.59 Å². The Bertz CT molecular complexity index is 970. The van der Waals surface area contributed by atoms with E-state index in [2.05, 4.69) is 16.7 Å². The maximum absolute atomic E-state index is 12.8. The van der Waals surface area contributed by atoms with E-state index in [9.17, 15) is 9.59 Å². The first-order valence-electron chi connectivity index (χ1n) is 9.80. The summed E-state index contributed by atoms with van der Waals surface area (Å²) in [6.45, 7) is 2.16. The van der Waals surface area contributed by atoms with Crippen LogP contribution >= 0.6 is 11.8 Å². The van der Waals surface area contributed by atoms with Crippen molar-refractivity contribution in [3.63, 3.8) is 0 Å². The lowest BCUT2D eigenvalue weighted by molar-refractivity contribution is -0.114. The van der Waals surface area contributed by atoms with Crippen LogP contribution in [0.5, 0.6) is 5.75 Å². The van der Waals surface area contributed by atoms with Crippen LogP contribution in [0, 0.1) is 11.3 Å². The van der Waals surface area contributed by atoms with Gasteiger partial charge in [0.15, 0.2) is 0 Å². The zero-order valence-corrected chi connectivity index (χ0v) is 18.0. The monoisotopic (exact) mass is 440 g/mol. The fourth-order valence-electron chi connectivity index (χ4n) is 3.10. The number of nitrogens with zero attached hydrogens (tertiary/aromatic N) is 2. The number of ether oxygens (including phenoxy) is 2. The fraction of sp³-hybridized carbons (Fsp3) is 0.318. The predicted octanol–water partition coefficient (Wildman–Crippen LogP) is 2.83. The number of amides is 2. The number of nitriles is 1. The Hall–Kier alpha value is -3.22. The molecule has 2 aromatic carbocycles. The summed E-state index contributed by atoms with van der Waals surface area (Å²) in [7, 11) is 1.53. The quantitative estimate of drug-likeness (QED) is 0.608. The number of hydrogen-bond acceptors (Lipinski definition) is 7. The number of nitrogens with one attached hydrogen (secondary N) is 2. The van der Waals surface area contributed by atoms with Crippen molar-refractivity contribution in [1.82, 2.24) is 4.90 Å². The van der Waals surface area contributed by atoms with Crippen LogP contribution in [0.25, 0.3) is 0 Å². The molecular formula is C22H24N4O4S. The summed E-state index contributed by atoms with van der Waals surface area (Å²) in [6, 6.07) is 14.5. The standard InChI is InChI=1S/C22H24N4O4S/c1-29-19-7-6-16(22(28)26-9-11-30-12-10-26)14-18(19)24-15-21(27)25-17-4-2-3-5-20(17)31-13-8-23/h2-7,14,24H,9-13,15H2,1H3,(H,25,27). The molecule has 0 aromatic heterocycles. The summed E-state index contributed by atoms with van der Waals surface area (Å²) >= 11 is 1.36. The molecule has 2 amide bonds. The van der Waals surface area contributed by atoms with Crippen LogP contribution in [0.15, 0.2) is 47.4 Å². The minimum absolute atomic E-state index is 0.0111. The van der Waals surface area contributed by atoms with Crippen LogP contribution in [0.2, 0.25) is 0 Å². The van der Waals surface area contributed by atoms with Gasteiger partial charge in [0.1, 0.15) is 5.75 Å². The minimum atomic E-state index is -0.253. The van der Waals surface area contributed by atoms with Gasteiger partial charge in [0.25, 0.3) is 5.91 Å². The normalized spacial score (nSPS) is 13.2. The van der Waals surface area contributed by atoms with Crippen molar-refractivity contribution in [3.05, 3.63) is 48.0 Å². The molecule has 1 fully saturated rings. The van der Waals surface area contributed by atoms with Crippen LogP contribution in [0.3, 0.4) is 0 Å². The minimum Gasteiger partial charge on any atom is -0.495 e. The first kappa shape index (κ1) is 22.5. The summed E-state index contributed by atoms with van der Waals surface area (Å²) in [4.78, 5) is 27.8. The Morgan fingerprint density at radius 2 is 1.97 bits per heavy atom. The van der Waals surface area contributed by atoms with E-state index in [4.69, 9.17) is 14.7 Å². The van der Waals surface area contributed by atoms with Gasteiger partial charge in [-0.15, -0.1) is 11.8 Å². The van der Waals surface area contributed by atoms with Gasteiger partial charge in [0.2, 0.25) is 5.91 Å². The molecule has 162 valence electrons. The van der Waals surface area contributed by atoms with E-state index < -0.39 is 0 Å². The number of hydrogen-bond donors (Lipinski definition) is 2. The number of thioether (sulfide) groups is 1. The lowest BCUT2D eigenvalue weighted by Gasteiger charge is -2.27. The fourth-order valence-corrected chi connectivity index (χ4v) is 3.77. The van der Waals surface area contributed by atoms with Crippen molar-refractivity contribution in [1.29, 1.82) is 5.26 Å². The molecule has 8 nitrogen and oxygen atoms in total. The summed E-state index contributed by atoms with van der Waals surface area (Å²) in [5, 5.41) is 14.7. The summed E-state index contributed by atoms with van der Waals surface area (Å²) in [5.74, 6) is 0.502. The molecule has 0 saturated carbocycles. The molecule has 3 rings (SSSR count). The van der Waals surface area contributed by atoms with E-state index in [0.29, 0.717) is 54.7 Å². The molecule has 0 radical (unpaired) electrons. The van der Waals surface area contributed by atoms with Gasteiger partial charge < -0.3 is 25.0 Å². The third-order valence-electron chi connectivity index (χ3n) is 4.64. The number of benzene rings is 2. The second kappa shape index (κ2) is 11.2. The molecule has 1 aliphatic heterocycles. The summed E-state index contributed by atoms with van der Waals surface area (Å²) in [6.07, 6.45) is 0. The maximum atomic E-state index is 12.8. The highest BCUT2D eigenvalue weighted by Crippen LogP contribution is 2.28. The second-order valence-corrected chi connectivity index (χ2v) is 7.68. The van der Waals surface area contributed by atoms with Gasteiger partial charge in [-0.2, -0.15) is 5.26 Å². The highest BCUT2D eigenvalue weighted by molar-refractivity contribution is 7.99. The smallest absolute Gasteiger partial charge is 0.254 e. The van der Waals surface area contributed by atoms with Crippen molar-refractivity contribution in [2.45, 2.75) is 4.90 Å². The number of methoxy groups -OCH3 is 1. The molecule has 9 heteroatoms. The molecule has 31 heavy (non-hydrogen) atoms. The highest BCUT2D eigenvalue weighted by atomic mass is 32.2. The number of carbonyl (C=O) groups is 2. The lowest BCUT2D eigenvalue weighted by atomic mass is 10.1. The Labute approximate surface area is 185 Å². The second-order valence-electron chi connectivity index (χ2n) is 6.66. The summed E-state index contributed by atoms with van der Waals surface area (Å²) < 4.78 is 10.7. The van der Waals surface area contributed by atoms with Crippen LogP contribution in [-0.2, 0) is 9.53 Å². The first-order valence-corrected chi connectivity index (χ1v) is 10.8. The van der Waals surface area contributed by atoms with Crippen LogP contribution in [-0.4, -0.2) is 62.4 Å². The average molecular weight is 441 g/mol. The van der Waals surface area contributed by atoms with Crippen molar-refractivity contribution < 1.29 is 19.1 Å². The molecule has 1 saturated heterocycles. The van der Waals surface area contributed by atoms with Gasteiger partial charge >= 0.3 is 0 Å². The molecule has 0 bridgehead atoms.